The Hall–Kier alpha value is -2.04. The van der Waals surface area contributed by atoms with Crippen molar-refractivity contribution >= 4 is 11.9 Å². The summed E-state index contributed by atoms with van der Waals surface area (Å²) >= 11 is 0. The highest BCUT2D eigenvalue weighted by Gasteiger charge is 2.54. The minimum absolute atomic E-state index is 0.0823. The number of carbonyl (C=O) groups is 2. The van der Waals surface area contributed by atoms with Crippen LogP contribution in [0.3, 0.4) is 0 Å². The van der Waals surface area contributed by atoms with Gasteiger partial charge in [0.05, 0.1) is 17.8 Å². The molecule has 1 saturated carbocycles. The van der Waals surface area contributed by atoms with E-state index in [-0.39, 0.29) is 24.0 Å². The van der Waals surface area contributed by atoms with E-state index in [2.05, 4.69) is 6.58 Å². The molecule has 1 aliphatic rings. The molecular formula is C25H40O9. The van der Waals surface area contributed by atoms with Crippen LogP contribution in [0.5, 0.6) is 0 Å². The molecule has 0 heterocycles. The predicted molar refractivity (Wildman–Crippen MR) is 125 cm³/mol. The van der Waals surface area contributed by atoms with Crippen LogP contribution in [-0.2, 0) is 19.1 Å². The van der Waals surface area contributed by atoms with Crippen LogP contribution >= 0.6 is 0 Å². The van der Waals surface area contributed by atoms with Crippen molar-refractivity contribution in [2.45, 2.75) is 103 Å². The summed E-state index contributed by atoms with van der Waals surface area (Å²) in [5.74, 6) is -2.37. The van der Waals surface area contributed by atoms with Crippen molar-refractivity contribution in [2.24, 2.45) is 5.92 Å². The molecule has 1 rings (SSSR count). The Morgan fingerprint density at radius 2 is 1.65 bits per heavy atom. The molecule has 0 aliphatic heterocycles. The van der Waals surface area contributed by atoms with E-state index in [0.717, 1.165) is 0 Å². The number of hydrogen-bond acceptors (Lipinski definition) is 9. The maximum absolute atomic E-state index is 12.3. The number of hydrogen-bond donors (Lipinski definition) is 5. The fourth-order valence-corrected chi connectivity index (χ4v) is 3.67. The van der Waals surface area contributed by atoms with Crippen LogP contribution in [0, 0.1) is 5.92 Å². The van der Waals surface area contributed by atoms with Crippen molar-refractivity contribution in [3.05, 3.63) is 35.5 Å². The van der Waals surface area contributed by atoms with E-state index in [1.165, 1.54) is 33.8 Å². The molecule has 5 N–H and O–H groups in total. The monoisotopic (exact) mass is 484 g/mol. The average Bonchev–Trinajstić information content (AvgIpc) is 2.75. The van der Waals surface area contributed by atoms with E-state index >= 15 is 0 Å². The number of aliphatic hydroxyl groups excluding tert-OH is 3. The van der Waals surface area contributed by atoms with E-state index in [0.29, 0.717) is 5.57 Å². The third kappa shape index (κ3) is 6.99. The third-order valence-electron chi connectivity index (χ3n) is 6.57. The van der Waals surface area contributed by atoms with Crippen LogP contribution in [0.1, 0.15) is 61.3 Å². The number of carbonyl (C=O) groups excluding carboxylic acids is 2. The van der Waals surface area contributed by atoms with Gasteiger partial charge in [-0.25, -0.2) is 9.59 Å². The molecule has 0 amide bonds. The SMILES string of the molecule is C=C(C(O)CC(OC(=O)C(C)=CC)C(C)(C)O)C1CC(O)C(C)(O)C(OC(=O)C(C)=CC)C1O. The molecule has 0 bridgehead atoms. The van der Waals surface area contributed by atoms with Crippen LogP contribution in [0.25, 0.3) is 0 Å². The Balaban J connectivity index is 3.13. The number of aliphatic hydroxyl groups is 5. The van der Waals surface area contributed by atoms with E-state index in [9.17, 15) is 35.1 Å². The second-order valence-corrected chi connectivity index (χ2v) is 9.72. The molecule has 9 heteroatoms. The first-order valence-corrected chi connectivity index (χ1v) is 11.3. The van der Waals surface area contributed by atoms with Crippen LogP contribution in [-0.4, -0.2) is 79.2 Å². The van der Waals surface area contributed by atoms with Crippen molar-refractivity contribution in [2.75, 3.05) is 0 Å². The Kier molecular flexibility index (Phi) is 10.2. The highest BCUT2D eigenvalue weighted by Crippen LogP contribution is 2.40. The Labute approximate surface area is 201 Å². The van der Waals surface area contributed by atoms with Gasteiger partial charge < -0.3 is 35.0 Å². The van der Waals surface area contributed by atoms with Gasteiger partial charge in [0.15, 0.2) is 6.10 Å². The van der Waals surface area contributed by atoms with Gasteiger partial charge in [0.25, 0.3) is 0 Å². The van der Waals surface area contributed by atoms with Gasteiger partial charge in [0.2, 0.25) is 0 Å². The van der Waals surface area contributed by atoms with Gasteiger partial charge in [-0.1, -0.05) is 18.7 Å². The van der Waals surface area contributed by atoms with Gasteiger partial charge in [-0.3, -0.25) is 0 Å². The van der Waals surface area contributed by atoms with Crippen LogP contribution in [0.15, 0.2) is 35.5 Å². The molecule has 0 spiro atoms. The van der Waals surface area contributed by atoms with E-state index < -0.39 is 59.6 Å². The van der Waals surface area contributed by atoms with Crippen molar-refractivity contribution in [1.29, 1.82) is 0 Å². The summed E-state index contributed by atoms with van der Waals surface area (Å²) in [4.78, 5) is 24.5. The molecule has 7 unspecified atom stereocenters. The lowest BCUT2D eigenvalue weighted by molar-refractivity contribution is -0.221. The lowest BCUT2D eigenvalue weighted by Crippen LogP contribution is -2.63. The van der Waals surface area contributed by atoms with Gasteiger partial charge >= 0.3 is 11.9 Å². The second-order valence-electron chi connectivity index (χ2n) is 9.72. The predicted octanol–water partition coefficient (Wildman–Crippen LogP) is 1.31. The molecule has 0 aromatic carbocycles. The number of esters is 2. The number of ether oxygens (including phenoxy) is 2. The molecular weight excluding hydrogens is 444 g/mol. The maximum atomic E-state index is 12.3. The normalized spacial score (nSPS) is 30.4. The minimum Gasteiger partial charge on any atom is -0.456 e. The Morgan fingerprint density at radius 1 is 1.15 bits per heavy atom. The lowest BCUT2D eigenvalue weighted by Gasteiger charge is -2.47. The zero-order valence-corrected chi connectivity index (χ0v) is 21.1. The fraction of sp³-hybridized carbons (Fsp3) is 0.680. The largest absolute Gasteiger partial charge is 0.456 e. The molecule has 9 nitrogen and oxygen atoms in total. The summed E-state index contributed by atoms with van der Waals surface area (Å²) in [5.41, 5.74) is -2.78. The molecule has 0 aromatic heterocycles. The van der Waals surface area contributed by atoms with Crippen LogP contribution < -0.4 is 0 Å². The molecule has 1 fully saturated rings. The summed E-state index contributed by atoms with van der Waals surface area (Å²) in [6, 6.07) is 0. The second kappa shape index (κ2) is 11.6. The quantitative estimate of drug-likeness (QED) is 0.185. The van der Waals surface area contributed by atoms with Crippen molar-refractivity contribution in [3.63, 3.8) is 0 Å². The van der Waals surface area contributed by atoms with E-state index in [1.54, 1.807) is 26.8 Å². The maximum Gasteiger partial charge on any atom is 0.333 e. The van der Waals surface area contributed by atoms with Gasteiger partial charge in [-0.05, 0) is 60.5 Å². The first-order chi connectivity index (χ1) is 15.5. The third-order valence-corrected chi connectivity index (χ3v) is 6.57. The standard InChI is InChI=1S/C25H40O9/c1-9-13(3)22(29)33-19(24(6,7)31)12-17(26)15(5)16-11-18(27)25(8,32)21(20(16)28)34-23(30)14(4)10-2/h9-10,16-21,26-28,31-32H,5,11-12H2,1-4,6-8H3. The van der Waals surface area contributed by atoms with Gasteiger partial charge in [-0.2, -0.15) is 0 Å². The topological polar surface area (TPSA) is 154 Å². The van der Waals surface area contributed by atoms with Crippen LogP contribution in [0.4, 0.5) is 0 Å². The summed E-state index contributed by atoms with van der Waals surface area (Å²) in [6.45, 7) is 14.3. The summed E-state index contributed by atoms with van der Waals surface area (Å²) in [6.07, 6.45) is -4.16. The van der Waals surface area contributed by atoms with Crippen molar-refractivity contribution in [1.82, 2.24) is 0 Å². The first kappa shape index (κ1) is 30.0. The molecule has 34 heavy (non-hydrogen) atoms. The fourth-order valence-electron chi connectivity index (χ4n) is 3.67. The molecule has 1 aliphatic carbocycles. The first-order valence-electron chi connectivity index (χ1n) is 11.3. The zero-order chi connectivity index (χ0) is 26.6. The zero-order valence-electron chi connectivity index (χ0n) is 21.1. The average molecular weight is 485 g/mol. The molecule has 7 atom stereocenters. The molecule has 0 radical (unpaired) electrons. The molecule has 194 valence electrons. The highest BCUT2D eigenvalue weighted by atomic mass is 16.6. The Morgan fingerprint density at radius 3 is 2.12 bits per heavy atom. The van der Waals surface area contributed by atoms with Crippen LogP contribution in [0.2, 0.25) is 0 Å². The van der Waals surface area contributed by atoms with E-state index in [1.807, 2.05) is 0 Å². The molecule has 0 aromatic rings. The van der Waals surface area contributed by atoms with Gasteiger partial charge in [-0.15, -0.1) is 0 Å². The Bertz CT molecular complexity index is 819. The summed E-state index contributed by atoms with van der Waals surface area (Å²) in [7, 11) is 0. The highest BCUT2D eigenvalue weighted by molar-refractivity contribution is 5.88. The molecule has 0 saturated heterocycles. The summed E-state index contributed by atoms with van der Waals surface area (Å²) in [5, 5.41) is 53.6. The smallest absolute Gasteiger partial charge is 0.333 e. The van der Waals surface area contributed by atoms with Gasteiger partial charge in [0, 0.05) is 23.5 Å². The summed E-state index contributed by atoms with van der Waals surface area (Å²) < 4.78 is 10.7. The van der Waals surface area contributed by atoms with E-state index in [4.69, 9.17) is 9.47 Å². The number of allylic oxidation sites excluding steroid dienone is 2. The number of rotatable bonds is 9. The minimum atomic E-state index is -1.94. The lowest BCUT2D eigenvalue weighted by atomic mass is 9.69. The van der Waals surface area contributed by atoms with Crippen molar-refractivity contribution < 1.29 is 44.6 Å². The van der Waals surface area contributed by atoms with Crippen molar-refractivity contribution in [3.8, 4) is 0 Å². The van der Waals surface area contributed by atoms with Gasteiger partial charge in [0.1, 0.15) is 17.8 Å².